The summed E-state index contributed by atoms with van der Waals surface area (Å²) < 4.78 is 31.2. The predicted octanol–water partition coefficient (Wildman–Crippen LogP) is 4.32. The van der Waals surface area contributed by atoms with Gasteiger partial charge in [-0.15, -0.1) is 0 Å². The van der Waals surface area contributed by atoms with Crippen molar-refractivity contribution in [3.8, 4) is 0 Å². The SMILES string of the molecule is C[C@@H]([C@H]1CC[C@H]2[C@H]3C(=CC(=O)[C@]12C)[C@@H](C)[C@]1(CCC(=O)O1)[C@H]1O[C@@H]31)[C@H]1C[C@@]2(C)O[C@@](C)(O1)OC2(C)C. The molecule has 3 aliphatic carbocycles. The second-order valence-electron chi connectivity index (χ2n) is 13.8. The average molecular weight is 501 g/mol. The molecular formula is C29H40O7. The van der Waals surface area contributed by atoms with Gasteiger partial charge in [0.15, 0.2) is 5.78 Å². The van der Waals surface area contributed by atoms with Crippen molar-refractivity contribution in [1.82, 2.24) is 0 Å². The van der Waals surface area contributed by atoms with Crippen LogP contribution in [0.4, 0.5) is 0 Å². The molecule has 0 aromatic carbocycles. The van der Waals surface area contributed by atoms with Gasteiger partial charge in [0.05, 0.1) is 17.8 Å². The lowest BCUT2D eigenvalue weighted by atomic mass is 9.53. The molecule has 0 aromatic rings. The van der Waals surface area contributed by atoms with Gasteiger partial charge in [0.1, 0.15) is 17.3 Å². The third-order valence-corrected chi connectivity index (χ3v) is 11.9. The highest BCUT2D eigenvalue weighted by atomic mass is 16.9. The van der Waals surface area contributed by atoms with Gasteiger partial charge in [0.2, 0.25) is 0 Å². The number of rotatable bonds is 2. The summed E-state index contributed by atoms with van der Waals surface area (Å²) in [7, 11) is 0. The van der Waals surface area contributed by atoms with Crippen LogP contribution in [-0.2, 0) is 33.3 Å². The Morgan fingerprint density at radius 2 is 1.81 bits per heavy atom. The lowest BCUT2D eigenvalue weighted by molar-refractivity contribution is -0.385. The zero-order valence-corrected chi connectivity index (χ0v) is 22.6. The second-order valence-corrected chi connectivity index (χ2v) is 13.8. The first kappa shape index (κ1) is 23.8. The van der Waals surface area contributed by atoms with Crippen molar-refractivity contribution in [3.05, 3.63) is 11.6 Å². The number of allylic oxidation sites excluding steroid dienone is 1. The zero-order chi connectivity index (χ0) is 25.6. The van der Waals surface area contributed by atoms with E-state index in [2.05, 4.69) is 41.5 Å². The van der Waals surface area contributed by atoms with Gasteiger partial charge in [0, 0.05) is 43.4 Å². The third-order valence-electron chi connectivity index (χ3n) is 11.9. The maximum Gasteiger partial charge on any atom is 0.306 e. The molecule has 2 saturated carbocycles. The molecule has 0 amide bonds. The molecule has 0 N–H and O–H groups in total. The summed E-state index contributed by atoms with van der Waals surface area (Å²) in [6, 6.07) is 0. The summed E-state index contributed by atoms with van der Waals surface area (Å²) in [5.74, 6) is -0.121. The molecule has 7 rings (SSSR count). The minimum Gasteiger partial charge on any atom is -0.456 e. The Morgan fingerprint density at radius 3 is 2.47 bits per heavy atom. The van der Waals surface area contributed by atoms with Crippen LogP contribution in [0.5, 0.6) is 0 Å². The van der Waals surface area contributed by atoms with Gasteiger partial charge in [0.25, 0.3) is 5.97 Å². The van der Waals surface area contributed by atoms with Crippen LogP contribution >= 0.6 is 0 Å². The molecule has 7 aliphatic rings. The van der Waals surface area contributed by atoms with E-state index < -0.39 is 28.2 Å². The number of epoxide rings is 1. The molecule has 0 unspecified atom stereocenters. The van der Waals surface area contributed by atoms with Crippen LogP contribution in [-0.4, -0.2) is 52.8 Å². The van der Waals surface area contributed by atoms with Gasteiger partial charge < -0.3 is 23.7 Å². The molecular weight excluding hydrogens is 460 g/mol. The van der Waals surface area contributed by atoms with Crippen molar-refractivity contribution >= 4 is 11.8 Å². The molecule has 7 heteroatoms. The van der Waals surface area contributed by atoms with Gasteiger partial charge in [-0.25, -0.2) is 0 Å². The van der Waals surface area contributed by atoms with Crippen LogP contribution < -0.4 is 0 Å². The lowest BCUT2D eigenvalue weighted by Gasteiger charge is -2.51. The van der Waals surface area contributed by atoms with Crippen LogP contribution in [0.25, 0.3) is 0 Å². The van der Waals surface area contributed by atoms with E-state index in [0.717, 1.165) is 24.8 Å². The first-order chi connectivity index (χ1) is 16.7. The van der Waals surface area contributed by atoms with Gasteiger partial charge >= 0.3 is 5.97 Å². The van der Waals surface area contributed by atoms with Crippen molar-refractivity contribution < 1.29 is 33.3 Å². The molecule has 7 nitrogen and oxygen atoms in total. The molecule has 6 fully saturated rings. The number of esters is 1. The van der Waals surface area contributed by atoms with Crippen molar-refractivity contribution in [2.24, 2.45) is 35.0 Å². The second kappa shape index (κ2) is 6.83. The van der Waals surface area contributed by atoms with Gasteiger partial charge in [-0.05, 0) is 57.4 Å². The molecule has 198 valence electrons. The molecule has 36 heavy (non-hydrogen) atoms. The Morgan fingerprint density at radius 1 is 1.06 bits per heavy atom. The van der Waals surface area contributed by atoms with E-state index in [1.165, 1.54) is 0 Å². The van der Waals surface area contributed by atoms with Gasteiger partial charge in [-0.3, -0.25) is 9.59 Å². The van der Waals surface area contributed by atoms with Crippen LogP contribution in [0.3, 0.4) is 0 Å². The fraction of sp³-hybridized carbons (Fsp3) is 0.862. The lowest BCUT2D eigenvalue weighted by Crippen LogP contribution is -2.57. The normalized spacial score (nSPS) is 57.1. The highest BCUT2D eigenvalue weighted by molar-refractivity contribution is 5.97. The molecule has 4 saturated heterocycles. The summed E-state index contributed by atoms with van der Waals surface area (Å²) in [5, 5.41) is 0. The van der Waals surface area contributed by atoms with Crippen LogP contribution in [0.15, 0.2) is 11.6 Å². The standard InChI is InChI=1S/C29H40O7/c1-14(19-13-26(5)25(3,4)35-28(7,33-19)36-26)17-8-9-18-22-16(12-20(30)27(17,18)6)15(2)29(24-23(22)32-24)11-10-21(31)34-29/h12,14-15,17-19,22-24H,8-11,13H2,1-7H3/t14-,15+,17+,18-,19+,22+,23-,24-,26+,27+,28-,29+/m0/s1. The zero-order valence-electron chi connectivity index (χ0n) is 22.6. The highest BCUT2D eigenvalue weighted by Gasteiger charge is 2.74. The molecule has 12 atom stereocenters. The molecule has 4 heterocycles. The molecule has 4 aliphatic heterocycles. The summed E-state index contributed by atoms with van der Waals surface area (Å²) in [6.07, 6.45) is 5.75. The Kier molecular flexibility index (Phi) is 4.51. The van der Waals surface area contributed by atoms with Crippen LogP contribution in [0.2, 0.25) is 0 Å². The van der Waals surface area contributed by atoms with E-state index in [9.17, 15) is 9.59 Å². The minimum atomic E-state index is -1.06. The van der Waals surface area contributed by atoms with Gasteiger partial charge in [-0.1, -0.05) is 26.3 Å². The van der Waals surface area contributed by atoms with Crippen LogP contribution in [0, 0.1) is 35.0 Å². The summed E-state index contributed by atoms with van der Waals surface area (Å²) in [6.45, 7) is 14.7. The van der Waals surface area contributed by atoms with Gasteiger partial charge in [-0.2, -0.15) is 0 Å². The minimum absolute atomic E-state index is 0.0106. The van der Waals surface area contributed by atoms with E-state index in [4.69, 9.17) is 23.7 Å². The molecule has 2 bridgehead atoms. The monoisotopic (exact) mass is 500 g/mol. The number of ether oxygens (including phenoxy) is 5. The smallest absolute Gasteiger partial charge is 0.306 e. The van der Waals surface area contributed by atoms with E-state index in [1.807, 2.05) is 13.0 Å². The van der Waals surface area contributed by atoms with Crippen molar-refractivity contribution in [2.45, 2.75) is 122 Å². The summed E-state index contributed by atoms with van der Waals surface area (Å²) in [5.41, 5.74) is -0.787. The first-order valence-corrected chi connectivity index (χ1v) is 14.0. The molecule has 0 aromatic heterocycles. The van der Waals surface area contributed by atoms with E-state index in [1.54, 1.807) is 0 Å². The topological polar surface area (TPSA) is 83.6 Å². The molecule has 0 radical (unpaired) electrons. The summed E-state index contributed by atoms with van der Waals surface area (Å²) >= 11 is 0. The van der Waals surface area contributed by atoms with E-state index >= 15 is 0 Å². The number of ketones is 1. The number of carbonyl (C=O) groups excluding carboxylic acids is 2. The average Bonchev–Trinajstić information content (AvgIpc) is 3.32. The Hall–Kier alpha value is -1.28. The van der Waals surface area contributed by atoms with Crippen LogP contribution in [0.1, 0.15) is 80.6 Å². The van der Waals surface area contributed by atoms with E-state index in [0.29, 0.717) is 12.8 Å². The highest BCUT2D eigenvalue weighted by Crippen LogP contribution is 2.67. The fourth-order valence-corrected chi connectivity index (χ4v) is 9.58. The maximum absolute atomic E-state index is 14.0. The Bertz CT molecular complexity index is 1080. The fourth-order valence-electron chi connectivity index (χ4n) is 9.58. The number of hydrogen-bond acceptors (Lipinski definition) is 7. The third kappa shape index (κ3) is 2.73. The first-order valence-electron chi connectivity index (χ1n) is 14.0. The van der Waals surface area contributed by atoms with Crippen molar-refractivity contribution in [1.29, 1.82) is 0 Å². The van der Waals surface area contributed by atoms with E-state index in [-0.39, 0.29) is 59.7 Å². The quantitative estimate of drug-likeness (QED) is 0.412. The predicted molar refractivity (Wildman–Crippen MR) is 128 cm³/mol. The largest absolute Gasteiger partial charge is 0.456 e. The number of hydrogen-bond donors (Lipinski definition) is 0. The van der Waals surface area contributed by atoms with Crippen molar-refractivity contribution in [3.63, 3.8) is 0 Å². The number of carbonyl (C=O) groups is 2. The Balaban J connectivity index is 1.20. The maximum atomic E-state index is 14.0. The Labute approximate surface area is 213 Å². The summed E-state index contributed by atoms with van der Waals surface area (Å²) in [4.78, 5) is 26.1. The van der Waals surface area contributed by atoms with Crippen molar-refractivity contribution in [2.75, 3.05) is 0 Å². The molecule has 1 spiro atoms. The number of fused-ring (bicyclic) bond motifs is 8.